The Bertz CT molecular complexity index is 1010. The highest BCUT2D eigenvalue weighted by Gasteiger charge is 2.24. The second kappa shape index (κ2) is 10.2. The van der Waals surface area contributed by atoms with Gasteiger partial charge >= 0.3 is 0 Å². The van der Waals surface area contributed by atoms with Crippen LogP contribution in [0.5, 0.6) is 11.5 Å². The Morgan fingerprint density at radius 2 is 1.91 bits per heavy atom. The number of benzene rings is 1. The number of para-hydroxylation sites is 2. The molecular weight excluding hydrogens is 410 g/mol. The quantitative estimate of drug-likeness (QED) is 0.660. The van der Waals surface area contributed by atoms with Crippen LogP contribution >= 0.6 is 0 Å². The van der Waals surface area contributed by atoms with E-state index in [0.717, 1.165) is 50.7 Å². The van der Waals surface area contributed by atoms with Gasteiger partial charge in [-0.15, -0.1) is 0 Å². The number of nitrogens with one attached hydrogen (secondary N) is 1. The summed E-state index contributed by atoms with van der Waals surface area (Å²) < 4.78 is 19.2. The minimum absolute atomic E-state index is 0.194. The summed E-state index contributed by atoms with van der Waals surface area (Å²) in [6.45, 7) is 9.38. The van der Waals surface area contributed by atoms with E-state index in [1.54, 1.807) is 0 Å². The highest BCUT2D eigenvalue weighted by molar-refractivity contribution is 5.95. The van der Waals surface area contributed by atoms with Crippen LogP contribution in [0.4, 0.5) is 0 Å². The van der Waals surface area contributed by atoms with E-state index in [0.29, 0.717) is 31.1 Å². The van der Waals surface area contributed by atoms with Crippen LogP contribution in [0.3, 0.4) is 0 Å². The van der Waals surface area contributed by atoms with Crippen LogP contribution in [-0.2, 0) is 11.3 Å². The van der Waals surface area contributed by atoms with Crippen LogP contribution in [0.2, 0.25) is 0 Å². The molecule has 0 unspecified atom stereocenters. The second-order valence-corrected chi connectivity index (χ2v) is 8.28. The first kappa shape index (κ1) is 22.4. The first-order valence-corrected chi connectivity index (χ1v) is 11.2. The molecule has 1 atom stereocenters. The van der Waals surface area contributed by atoms with Crippen LogP contribution in [-0.4, -0.2) is 67.5 Å². The zero-order chi connectivity index (χ0) is 22.5. The molecule has 0 radical (unpaired) electrons. The SMILES string of the molecule is Cc1cc(=O)c(C(=O)NCCCN2CCOCC2)c(C)n1C[C@H]1COc2ccccc2O1. The largest absolute Gasteiger partial charge is 0.486 e. The van der Waals surface area contributed by atoms with Gasteiger partial charge in [-0.25, -0.2) is 0 Å². The molecule has 0 saturated carbocycles. The lowest BCUT2D eigenvalue weighted by atomic mass is 10.1. The van der Waals surface area contributed by atoms with Gasteiger partial charge in [0.05, 0.1) is 19.8 Å². The first-order chi connectivity index (χ1) is 15.5. The lowest BCUT2D eigenvalue weighted by Gasteiger charge is -2.29. The number of hydrogen-bond acceptors (Lipinski definition) is 6. The van der Waals surface area contributed by atoms with Crippen molar-refractivity contribution in [3.63, 3.8) is 0 Å². The molecular formula is C24H31N3O5. The van der Waals surface area contributed by atoms with Crippen molar-refractivity contribution in [2.45, 2.75) is 32.9 Å². The molecule has 172 valence electrons. The Hall–Kier alpha value is -2.84. The molecule has 2 aromatic rings. The molecule has 8 heteroatoms. The molecule has 0 spiro atoms. The third kappa shape index (κ3) is 5.14. The van der Waals surface area contributed by atoms with Gasteiger partial charge in [0.2, 0.25) is 0 Å². The number of fused-ring (bicyclic) bond motifs is 1. The maximum atomic E-state index is 12.8. The molecule has 3 heterocycles. The normalized spacial score (nSPS) is 18.4. The van der Waals surface area contributed by atoms with E-state index in [1.807, 2.05) is 42.7 Å². The zero-order valence-corrected chi connectivity index (χ0v) is 18.8. The van der Waals surface area contributed by atoms with Gasteiger partial charge in [0.25, 0.3) is 5.91 Å². The number of aromatic nitrogens is 1. The third-order valence-electron chi connectivity index (χ3n) is 6.00. The van der Waals surface area contributed by atoms with Gasteiger partial charge in [-0.05, 0) is 38.9 Å². The second-order valence-electron chi connectivity index (χ2n) is 8.28. The van der Waals surface area contributed by atoms with E-state index >= 15 is 0 Å². The minimum atomic E-state index is -0.325. The zero-order valence-electron chi connectivity index (χ0n) is 18.8. The monoisotopic (exact) mass is 441 g/mol. The maximum Gasteiger partial charge on any atom is 0.257 e. The van der Waals surface area contributed by atoms with Crippen molar-refractivity contribution in [1.82, 2.24) is 14.8 Å². The van der Waals surface area contributed by atoms with E-state index < -0.39 is 0 Å². The summed E-state index contributed by atoms with van der Waals surface area (Å²) in [5.74, 6) is 1.11. The molecule has 8 nitrogen and oxygen atoms in total. The molecule has 0 aliphatic carbocycles. The lowest BCUT2D eigenvalue weighted by Crippen LogP contribution is -2.39. The Morgan fingerprint density at radius 1 is 1.16 bits per heavy atom. The van der Waals surface area contributed by atoms with Crippen molar-refractivity contribution in [1.29, 1.82) is 0 Å². The van der Waals surface area contributed by atoms with Crippen molar-refractivity contribution >= 4 is 5.91 Å². The van der Waals surface area contributed by atoms with Crippen molar-refractivity contribution in [2.24, 2.45) is 0 Å². The number of carbonyl (C=O) groups excluding carboxylic acids is 1. The smallest absolute Gasteiger partial charge is 0.257 e. The summed E-state index contributed by atoms with van der Waals surface area (Å²) >= 11 is 0. The van der Waals surface area contributed by atoms with Crippen LogP contribution in [0.1, 0.15) is 28.2 Å². The summed E-state index contributed by atoms with van der Waals surface area (Å²) in [6.07, 6.45) is 0.617. The fourth-order valence-corrected chi connectivity index (χ4v) is 4.25. The minimum Gasteiger partial charge on any atom is -0.486 e. The van der Waals surface area contributed by atoms with Crippen LogP contribution in [0.25, 0.3) is 0 Å². The average Bonchev–Trinajstić information content (AvgIpc) is 2.80. The number of pyridine rings is 1. The Balaban J connectivity index is 1.40. The van der Waals surface area contributed by atoms with Gasteiger partial charge in [0, 0.05) is 37.1 Å². The number of amides is 1. The van der Waals surface area contributed by atoms with E-state index in [4.69, 9.17) is 14.2 Å². The van der Waals surface area contributed by atoms with E-state index in [-0.39, 0.29) is 23.0 Å². The molecule has 0 bridgehead atoms. The van der Waals surface area contributed by atoms with Crippen molar-refractivity contribution in [3.05, 3.63) is 57.5 Å². The van der Waals surface area contributed by atoms with Crippen molar-refractivity contribution in [2.75, 3.05) is 46.0 Å². The van der Waals surface area contributed by atoms with Crippen LogP contribution < -0.4 is 20.2 Å². The fraction of sp³-hybridized carbons (Fsp3) is 0.500. The molecule has 1 saturated heterocycles. The van der Waals surface area contributed by atoms with Crippen molar-refractivity contribution < 1.29 is 19.0 Å². The molecule has 1 amide bonds. The number of ether oxygens (including phenoxy) is 3. The fourth-order valence-electron chi connectivity index (χ4n) is 4.25. The number of rotatable bonds is 7. The highest BCUT2D eigenvalue weighted by Crippen LogP contribution is 2.31. The Morgan fingerprint density at radius 3 is 2.69 bits per heavy atom. The number of nitrogens with zero attached hydrogens (tertiary/aromatic N) is 2. The third-order valence-corrected chi connectivity index (χ3v) is 6.00. The van der Waals surface area contributed by atoms with Gasteiger partial charge in [0.15, 0.2) is 23.0 Å². The predicted octanol–water partition coefficient (Wildman–Crippen LogP) is 1.76. The Labute approximate surface area is 188 Å². The molecule has 1 N–H and O–H groups in total. The van der Waals surface area contributed by atoms with Gasteiger partial charge in [-0.1, -0.05) is 12.1 Å². The lowest BCUT2D eigenvalue weighted by molar-refractivity contribution is 0.0374. The number of morpholine rings is 1. The molecule has 4 rings (SSSR count). The number of carbonyl (C=O) groups is 1. The van der Waals surface area contributed by atoms with Gasteiger partial charge in [0.1, 0.15) is 12.2 Å². The number of hydrogen-bond donors (Lipinski definition) is 1. The molecule has 32 heavy (non-hydrogen) atoms. The summed E-state index contributed by atoms with van der Waals surface area (Å²) in [7, 11) is 0. The number of aryl methyl sites for hydroxylation is 1. The molecule has 1 aromatic heterocycles. The van der Waals surface area contributed by atoms with Gasteiger partial charge < -0.3 is 24.1 Å². The van der Waals surface area contributed by atoms with Gasteiger partial charge in [-0.2, -0.15) is 0 Å². The van der Waals surface area contributed by atoms with E-state index in [9.17, 15) is 9.59 Å². The van der Waals surface area contributed by atoms with Crippen LogP contribution in [0.15, 0.2) is 35.1 Å². The van der Waals surface area contributed by atoms with Gasteiger partial charge in [-0.3, -0.25) is 14.5 Å². The summed E-state index contributed by atoms with van der Waals surface area (Å²) in [5.41, 5.74) is 1.37. The maximum absolute atomic E-state index is 12.8. The first-order valence-electron chi connectivity index (χ1n) is 11.2. The summed E-state index contributed by atoms with van der Waals surface area (Å²) in [4.78, 5) is 27.8. The molecule has 1 fully saturated rings. The molecule has 2 aliphatic rings. The van der Waals surface area contributed by atoms with E-state index in [2.05, 4.69) is 10.2 Å². The topological polar surface area (TPSA) is 82.0 Å². The predicted molar refractivity (Wildman–Crippen MR) is 121 cm³/mol. The summed E-state index contributed by atoms with van der Waals surface area (Å²) in [6, 6.07) is 9.09. The molecule has 2 aliphatic heterocycles. The summed E-state index contributed by atoms with van der Waals surface area (Å²) in [5, 5.41) is 2.92. The highest BCUT2D eigenvalue weighted by atomic mass is 16.6. The van der Waals surface area contributed by atoms with Crippen LogP contribution in [0, 0.1) is 13.8 Å². The standard InChI is InChI=1S/C24H31N3O5/c1-17-14-20(28)23(24(29)25-8-5-9-26-10-12-30-13-11-26)18(2)27(17)15-19-16-31-21-6-3-4-7-22(21)32-19/h3-4,6-7,14,19H,5,8-13,15-16H2,1-2H3,(H,25,29)/t19-/m0/s1. The molecule has 1 aromatic carbocycles. The Kier molecular flexibility index (Phi) is 7.12. The van der Waals surface area contributed by atoms with E-state index in [1.165, 1.54) is 6.07 Å². The average molecular weight is 442 g/mol. The van der Waals surface area contributed by atoms with Crippen molar-refractivity contribution in [3.8, 4) is 11.5 Å².